The fourth-order valence-electron chi connectivity index (χ4n) is 2.61. The summed E-state index contributed by atoms with van der Waals surface area (Å²) in [6, 6.07) is 9.64. The van der Waals surface area contributed by atoms with Crippen LogP contribution in [0.4, 0.5) is 0 Å². The summed E-state index contributed by atoms with van der Waals surface area (Å²) in [6.07, 6.45) is 1.08. The van der Waals surface area contributed by atoms with Gasteiger partial charge in [-0.1, -0.05) is 45.0 Å². The number of rotatable bonds is 4. The Labute approximate surface area is 116 Å². The molecular weight excluding hydrogens is 234 g/mol. The third kappa shape index (κ3) is 2.75. The Morgan fingerprint density at radius 1 is 1.26 bits per heavy atom. The van der Waals surface area contributed by atoms with E-state index in [0.717, 1.165) is 13.0 Å². The van der Waals surface area contributed by atoms with Crippen LogP contribution in [-0.2, 0) is 0 Å². The molecule has 0 bridgehead atoms. The highest BCUT2D eigenvalue weighted by molar-refractivity contribution is 5.80. The molecule has 1 heterocycles. The van der Waals surface area contributed by atoms with E-state index >= 15 is 0 Å². The Morgan fingerprint density at radius 3 is 2.42 bits per heavy atom. The van der Waals surface area contributed by atoms with Crippen molar-refractivity contribution in [2.24, 2.45) is 10.7 Å². The van der Waals surface area contributed by atoms with Crippen LogP contribution in [0.25, 0.3) is 0 Å². The Kier molecular flexibility index (Phi) is 4.13. The maximum atomic E-state index is 6.04. The van der Waals surface area contributed by atoms with E-state index in [1.165, 1.54) is 11.1 Å². The molecule has 0 saturated heterocycles. The van der Waals surface area contributed by atoms with Crippen molar-refractivity contribution in [3.63, 3.8) is 0 Å². The minimum atomic E-state index is 0.302. The molecule has 0 spiro atoms. The molecule has 2 rings (SSSR count). The average molecular weight is 259 g/mol. The van der Waals surface area contributed by atoms with Crippen molar-refractivity contribution < 1.29 is 0 Å². The molecule has 3 nitrogen and oxygen atoms in total. The summed E-state index contributed by atoms with van der Waals surface area (Å²) in [6.45, 7) is 9.61. The molecule has 0 amide bonds. The number of nitrogens with zero attached hydrogens (tertiary/aromatic N) is 2. The quantitative estimate of drug-likeness (QED) is 0.901. The van der Waals surface area contributed by atoms with Crippen LogP contribution in [0.2, 0.25) is 0 Å². The predicted octanol–water partition coefficient (Wildman–Crippen LogP) is 3.28. The first kappa shape index (κ1) is 13.9. The van der Waals surface area contributed by atoms with E-state index in [4.69, 9.17) is 5.73 Å². The Morgan fingerprint density at radius 2 is 1.89 bits per heavy atom. The lowest BCUT2D eigenvalue weighted by Crippen LogP contribution is -2.42. The molecule has 1 aromatic carbocycles. The summed E-state index contributed by atoms with van der Waals surface area (Å²) in [7, 11) is 0. The normalized spacial score (nSPS) is 20.8. The Bertz CT molecular complexity index is 448. The van der Waals surface area contributed by atoms with Gasteiger partial charge in [0.05, 0.1) is 12.6 Å². The van der Waals surface area contributed by atoms with Gasteiger partial charge in [0.2, 0.25) is 0 Å². The highest BCUT2D eigenvalue weighted by Crippen LogP contribution is 2.29. The summed E-state index contributed by atoms with van der Waals surface area (Å²) < 4.78 is 0. The number of benzene rings is 1. The fraction of sp³-hybridized carbons (Fsp3) is 0.562. The standard InChI is InChI=1S/C16H25N3/c1-5-12(4)19-15(10-18-16(19)17)14-8-6-13(7-9-14)11(2)3/h6-9,11-12,15H,5,10H2,1-4H3,(H2,17,18). The Hall–Kier alpha value is -1.51. The summed E-state index contributed by atoms with van der Waals surface area (Å²) in [4.78, 5) is 6.68. The van der Waals surface area contributed by atoms with Gasteiger partial charge in [-0.05, 0) is 30.4 Å². The zero-order valence-corrected chi connectivity index (χ0v) is 12.4. The second kappa shape index (κ2) is 5.64. The predicted molar refractivity (Wildman–Crippen MR) is 81.4 cm³/mol. The molecule has 19 heavy (non-hydrogen) atoms. The van der Waals surface area contributed by atoms with Crippen LogP contribution in [0.15, 0.2) is 29.3 Å². The average Bonchev–Trinajstić information content (AvgIpc) is 2.80. The maximum Gasteiger partial charge on any atom is 0.192 e. The minimum Gasteiger partial charge on any atom is -0.370 e. The van der Waals surface area contributed by atoms with Crippen LogP contribution in [0.3, 0.4) is 0 Å². The van der Waals surface area contributed by atoms with Crippen LogP contribution in [0.1, 0.15) is 57.2 Å². The number of hydrogen-bond acceptors (Lipinski definition) is 3. The van der Waals surface area contributed by atoms with E-state index in [-0.39, 0.29) is 0 Å². The molecule has 0 radical (unpaired) electrons. The largest absolute Gasteiger partial charge is 0.370 e. The van der Waals surface area contributed by atoms with Gasteiger partial charge in [-0.15, -0.1) is 0 Å². The SMILES string of the molecule is CCC(C)N1C(N)=NCC1c1ccc(C(C)C)cc1. The van der Waals surface area contributed by atoms with Crippen LogP contribution < -0.4 is 5.73 Å². The molecule has 0 saturated carbocycles. The van der Waals surface area contributed by atoms with Crippen molar-refractivity contribution in [1.82, 2.24) is 4.90 Å². The molecule has 1 aliphatic heterocycles. The van der Waals surface area contributed by atoms with Crippen molar-refractivity contribution in [2.45, 2.75) is 52.1 Å². The lowest BCUT2D eigenvalue weighted by Gasteiger charge is -2.32. The molecule has 0 fully saturated rings. The summed E-state index contributed by atoms with van der Waals surface area (Å²) in [5.74, 6) is 1.26. The molecule has 2 N–H and O–H groups in total. The van der Waals surface area contributed by atoms with Crippen molar-refractivity contribution in [3.8, 4) is 0 Å². The number of guanidine groups is 1. The van der Waals surface area contributed by atoms with E-state index in [0.29, 0.717) is 24.0 Å². The monoisotopic (exact) mass is 259 g/mol. The topological polar surface area (TPSA) is 41.6 Å². The van der Waals surface area contributed by atoms with Crippen molar-refractivity contribution >= 4 is 5.96 Å². The lowest BCUT2D eigenvalue weighted by atomic mass is 9.98. The van der Waals surface area contributed by atoms with Gasteiger partial charge in [-0.25, -0.2) is 0 Å². The molecule has 2 unspecified atom stereocenters. The second-order valence-corrected chi connectivity index (χ2v) is 5.70. The van der Waals surface area contributed by atoms with Gasteiger partial charge in [-0.2, -0.15) is 0 Å². The lowest BCUT2D eigenvalue weighted by molar-refractivity contribution is 0.268. The summed E-state index contributed by atoms with van der Waals surface area (Å²) in [5, 5.41) is 0. The van der Waals surface area contributed by atoms with Gasteiger partial charge in [0.1, 0.15) is 0 Å². The van der Waals surface area contributed by atoms with Gasteiger partial charge < -0.3 is 10.6 Å². The highest BCUT2D eigenvalue weighted by Gasteiger charge is 2.30. The number of aliphatic imine (C=N–C) groups is 1. The minimum absolute atomic E-state index is 0.302. The zero-order chi connectivity index (χ0) is 14.0. The van der Waals surface area contributed by atoms with Gasteiger partial charge in [-0.3, -0.25) is 4.99 Å². The molecule has 1 aromatic rings. The molecule has 0 aromatic heterocycles. The van der Waals surface area contributed by atoms with Crippen LogP contribution >= 0.6 is 0 Å². The molecule has 0 aliphatic carbocycles. The fourth-order valence-corrected chi connectivity index (χ4v) is 2.61. The highest BCUT2D eigenvalue weighted by atomic mass is 15.3. The van der Waals surface area contributed by atoms with Crippen LogP contribution in [-0.4, -0.2) is 23.4 Å². The van der Waals surface area contributed by atoms with Crippen LogP contribution in [0.5, 0.6) is 0 Å². The molecule has 3 heteroatoms. The molecule has 2 atom stereocenters. The second-order valence-electron chi connectivity index (χ2n) is 5.70. The molecule has 104 valence electrons. The van der Waals surface area contributed by atoms with E-state index in [1.54, 1.807) is 0 Å². The third-order valence-electron chi connectivity index (χ3n) is 4.08. The van der Waals surface area contributed by atoms with E-state index in [9.17, 15) is 0 Å². The third-order valence-corrected chi connectivity index (χ3v) is 4.08. The number of nitrogens with two attached hydrogens (primary N) is 1. The van der Waals surface area contributed by atoms with Crippen molar-refractivity contribution in [1.29, 1.82) is 0 Å². The van der Waals surface area contributed by atoms with Crippen LogP contribution in [0, 0.1) is 0 Å². The van der Waals surface area contributed by atoms with Crippen molar-refractivity contribution in [3.05, 3.63) is 35.4 Å². The first-order valence-electron chi connectivity index (χ1n) is 7.22. The zero-order valence-electron chi connectivity index (χ0n) is 12.4. The Balaban J connectivity index is 2.21. The number of hydrogen-bond donors (Lipinski definition) is 1. The molecular formula is C16H25N3. The first-order valence-corrected chi connectivity index (χ1v) is 7.22. The van der Waals surface area contributed by atoms with Gasteiger partial charge >= 0.3 is 0 Å². The van der Waals surface area contributed by atoms with Gasteiger partial charge in [0.25, 0.3) is 0 Å². The smallest absolute Gasteiger partial charge is 0.192 e. The van der Waals surface area contributed by atoms with E-state index in [2.05, 4.69) is 61.9 Å². The van der Waals surface area contributed by atoms with E-state index < -0.39 is 0 Å². The van der Waals surface area contributed by atoms with Gasteiger partial charge in [0, 0.05) is 6.04 Å². The molecule has 1 aliphatic rings. The summed E-state index contributed by atoms with van der Waals surface area (Å²) >= 11 is 0. The van der Waals surface area contributed by atoms with Gasteiger partial charge in [0.15, 0.2) is 5.96 Å². The maximum absolute atomic E-state index is 6.04. The first-order chi connectivity index (χ1) is 9.04. The van der Waals surface area contributed by atoms with Crippen molar-refractivity contribution in [2.75, 3.05) is 6.54 Å². The summed E-state index contributed by atoms with van der Waals surface area (Å²) in [5.41, 5.74) is 8.73. The van der Waals surface area contributed by atoms with E-state index in [1.807, 2.05) is 0 Å².